The number of amides is 1. The second kappa shape index (κ2) is 8.00. The largest absolute Gasteiger partial charge is 0.507 e. The van der Waals surface area contributed by atoms with Gasteiger partial charge >= 0.3 is 5.91 Å². The molecule has 152 valence electrons. The Morgan fingerprint density at radius 1 is 1.07 bits per heavy atom. The second-order valence-corrected chi connectivity index (χ2v) is 7.34. The molecular weight excluding hydrogens is 404 g/mol. The van der Waals surface area contributed by atoms with E-state index in [9.17, 15) is 14.7 Å². The summed E-state index contributed by atoms with van der Waals surface area (Å²) >= 11 is 1.23. The van der Waals surface area contributed by atoms with Crippen LogP contribution in [0.5, 0.6) is 11.5 Å². The van der Waals surface area contributed by atoms with Crippen LogP contribution in [0.3, 0.4) is 0 Å². The summed E-state index contributed by atoms with van der Waals surface area (Å²) < 4.78 is 10.7. The monoisotopic (exact) mass is 422 g/mol. The smallest absolute Gasteiger partial charge is 0.301 e. The second-order valence-electron chi connectivity index (χ2n) is 6.46. The van der Waals surface area contributed by atoms with Gasteiger partial charge in [0.25, 0.3) is 5.78 Å². The number of aromatic nitrogens is 1. The Bertz CT molecular complexity index is 1130. The molecule has 2 aromatic carbocycles. The number of methoxy groups -OCH3 is 2. The number of thiazole rings is 1. The molecule has 0 unspecified atom stereocenters. The molecule has 3 aromatic rings. The number of carbonyl (C=O) groups is 2. The van der Waals surface area contributed by atoms with E-state index in [1.54, 1.807) is 60.1 Å². The minimum Gasteiger partial charge on any atom is -0.507 e. The van der Waals surface area contributed by atoms with Crippen molar-refractivity contribution in [2.75, 3.05) is 19.1 Å². The molecular formula is C22H18N2O5S. The highest BCUT2D eigenvalue weighted by Crippen LogP contribution is 2.44. The van der Waals surface area contributed by atoms with Gasteiger partial charge in [-0.2, -0.15) is 0 Å². The maximum atomic E-state index is 13.0. The molecule has 0 bridgehead atoms. The zero-order chi connectivity index (χ0) is 21.3. The molecule has 1 saturated heterocycles. The predicted molar refractivity (Wildman–Crippen MR) is 113 cm³/mol. The minimum atomic E-state index is -0.865. The van der Waals surface area contributed by atoms with Crippen molar-refractivity contribution < 1.29 is 24.2 Å². The average molecular weight is 422 g/mol. The van der Waals surface area contributed by atoms with Crippen molar-refractivity contribution in [3.63, 3.8) is 0 Å². The Balaban J connectivity index is 1.95. The van der Waals surface area contributed by atoms with Crippen LogP contribution in [-0.2, 0) is 9.59 Å². The number of nitrogens with zero attached hydrogens (tertiary/aromatic N) is 2. The van der Waals surface area contributed by atoms with E-state index in [1.165, 1.54) is 30.5 Å². The molecule has 1 aromatic heterocycles. The highest BCUT2D eigenvalue weighted by Gasteiger charge is 2.48. The van der Waals surface area contributed by atoms with Crippen molar-refractivity contribution in [3.05, 3.63) is 76.8 Å². The van der Waals surface area contributed by atoms with Crippen LogP contribution < -0.4 is 14.4 Å². The maximum absolute atomic E-state index is 13.0. The quantitative estimate of drug-likeness (QED) is 0.382. The Labute approximate surface area is 176 Å². The van der Waals surface area contributed by atoms with Gasteiger partial charge in [0.15, 0.2) is 16.6 Å². The van der Waals surface area contributed by atoms with E-state index in [0.717, 1.165) is 0 Å². The number of hydrogen-bond donors (Lipinski definition) is 1. The normalized spacial score (nSPS) is 17.9. The van der Waals surface area contributed by atoms with Gasteiger partial charge in [0, 0.05) is 17.1 Å². The molecule has 2 heterocycles. The van der Waals surface area contributed by atoms with E-state index in [4.69, 9.17) is 9.47 Å². The molecule has 0 aliphatic carbocycles. The third-order valence-electron chi connectivity index (χ3n) is 4.84. The highest BCUT2D eigenvalue weighted by atomic mass is 32.1. The maximum Gasteiger partial charge on any atom is 0.301 e. The standard InChI is InChI=1S/C22H18N2O5S/c1-28-15-9-8-14(12-16(15)29-2)18-17(19(25)13-6-4-3-5-7-13)20(26)21(27)24(18)22-23-10-11-30-22/h3-12,18,25H,1-2H3/t18-/m0/s1. The first-order chi connectivity index (χ1) is 14.6. The molecule has 1 aliphatic rings. The average Bonchev–Trinajstić information content (AvgIpc) is 3.40. The lowest BCUT2D eigenvalue weighted by Gasteiger charge is -2.23. The van der Waals surface area contributed by atoms with Gasteiger partial charge in [-0.1, -0.05) is 36.4 Å². The molecule has 1 N–H and O–H groups in total. The SMILES string of the molecule is COc1ccc([C@H]2C(=C(O)c3ccccc3)C(=O)C(=O)N2c2nccs2)cc1OC. The molecule has 4 rings (SSSR count). The van der Waals surface area contributed by atoms with Gasteiger partial charge in [-0.3, -0.25) is 14.5 Å². The number of hydrogen-bond acceptors (Lipinski definition) is 7. The first kappa shape index (κ1) is 19.7. The Hall–Kier alpha value is -3.65. The number of rotatable bonds is 5. The summed E-state index contributed by atoms with van der Waals surface area (Å²) in [7, 11) is 3.03. The number of ether oxygens (including phenoxy) is 2. The molecule has 1 fully saturated rings. The summed E-state index contributed by atoms with van der Waals surface area (Å²) in [5.74, 6) is -0.809. The van der Waals surface area contributed by atoms with E-state index >= 15 is 0 Å². The van der Waals surface area contributed by atoms with Crippen molar-refractivity contribution in [3.8, 4) is 11.5 Å². The van der Waals surface area contributed by atoms with Gasteiger partial charge in [-0.15, -0.1) is 11.3 Å². The summed E-state index contributed by atoms with van der Waals surface area (Å²) in [4.78, 5) is 31.5. The molecule has 1 aliphatic heterocycles. The van der Waals surface area contributed by atoms with Crippen molar-refractivity contribution in [2.45, 2.75) is 6.04 Å². The van der Waals surface area contributed by atoms with Crippen molar-refractivity contribution in [2.24, 2.45) is 0 Å². The summed E-state index contributed by atoms with van der Waals surface area (Å²) in [5.41, 5.74) is 1.02. The van der Waals surface area contributed by atoms with E-state index in [0.29, 0.717) is 27.8 Å². The Kier molecular flexibility index (Phi) is 5.24. The lowest BCUT2D eigenvalue weighted by Crippen LogP contribution is -2.29. The summed E-state index contributed by atoms with van der Waals surface area (Å²) in [6, 6.07) is 12.9. The molecule has 0 spiro atoms. The first-order valence-electron chi connectivity index (χ1n) is 9.04. The van der Waals surface area contributed by atoms with Crippen LogP contribution in [0.4, 0.5) is 5.13 Å². The topological polar surface area (TPSA) is 89.0 Å². The first-order valence-corrected chi connectivity index (χ1v) is 9.92. The Morgan fingerprint density at radius 2 is 1.80 bits per heavy atom. The van der Waals surface area contributed by atoms with E-state index < -0.39 is 17.7 Å². The molecule has 0 saturated carbocycles. The molecule has 8 heteroatoms. The molecule has 7 nitrogen and oxygen atoms in total. The molecule has 30 heavy (non-hydrogen) atoms. The zero-order valence-corrected chi connectivity index (χ0v) is 17.1. The van der Waals surface area contributed by atoms with Gasteiger partial charge in [-0.25, -0.2) is 4.98 Å². The van der Waals surface area contributed by atoms with Crippen LogP contribution in [0.2, 0.25) is 0 Å². The van der Waals surface area contributed by atoms with E-state index in [2.05, 4.69) is 4.98 Å². The van der Waals surface area contributed by atoms with Crippen molar-refractivity contribution >= 4 is 33.9 Å². The van der Waals surface area contributed by atoms with Crippen LogP contribution >= 0.6 is 11.3 Å². The van der Waals surface area contributed by atoms with Gasteiger partial charge < -0.3 is 14.6 Å². The number of aliphatic hydroxyl groups excluding tert-OH is 1. The van der Waals surface area contributed by atoms with Crippen molar-refractivity contribution in [1.29, 1.82) is 0 Å². The van der Waals surface area contributed by atoms with Crippen LogP contribution in [0.15, 0.2) is 65.7 Å². The lowest BCUT2D eigenvalue weighted by molar-refractivity contribution is -0.132. The van der Waals surface area contributed by atoms with Crippen LogP contribution in [0, 0.1) is 0 Å². The van der Waals surface area contributed by atoms with Crippen LogP contribution in [-0.4, -0.2) is 36.0 Å². The molecule has 1 amide bonds. The van der Waals surface area contributed by atoms with Gasteiger partial charge in [0.1, 0.15) is 5.76 Å². The third-order valence-corrected chi connectivity index (χ3v) is 5.61. The van der Waals surface area contributed by atoms with Gasteiger partial charge in [0.05, 0.1) is 25.8 Å². The highest BCUT2D eigenvalue weighted by molar-refractivity contribution is 7.14. The van der Waals surface area contributed by atoms with Gasteiger partial charge in [0.2, 0.25) is 0 Å². The number of ketones is 1. The third kappa shape index (κ3) is 3.21. The number of Topliss-reactive ketones (excluding diaryl/α,β-unsaturated/α-hetero) is 1. The summed E-state index contributed by atoms with van der Waals surface area (Å²) in [6.07, 6.45) is 1.56. The Morgan fingerprint density at radius 3 is 2.43 bits per heavy atom. The number of carbonyl (C=O) groups excluding carboxylic acids is 2. The fourth-order valence-corrected chi connectivity index (χ4v) is 4.12. The van der Waals surface area contributed by atoms with Crippen LogP contribution in [0.25, 0.3) is 5.76 Å². The lowest BCUT2D eigenvalue weighted by atomic mass is 9.95. The van der Waals surface area contributed by atoms with E-state index in [-0.39, 0.29) is 11.3 Å². The van der Waals surface area contributed by atoms with E-state index in [1.807, 2.05) is 0 Å². The summed E-state index contributed by atoms with van der Waals surface area (Å²) in [5, 5.41) is 13.1. The zero-order valence-electron chi connectivity index (χ0n) is 16.2. The predicted octanol–water partition coefficient (Wildman–Crippen LogP) is 3.79. The number of benzene rings is 2. The minimum absolute atomic E-state index is 0.00591. The fraction of sp³-hybridized carbons (Fsp3) is 0.136. The summed E-state index contributed by atoms with van der Waals surface area (Å²) in [6.45, 7) is 0. The fourth-order valence-electron chi connectivity index (χ4n) is 3.45. The van der Waals surface area contributed by atoms with Gasteiger partial charge in [-0.05, 0) is 17.7 Å². The number of aliphatic hydroxyl groups is 1. The number of anilines is 1. The van der Waals surface area contributed by atoms with Crippen molar-refractivity contribution in [1.82, 2.24) is 4.98 Å². The van der Waals surface area contributed by atoms with Crippen LogP contribution in [0.1, 0.15) is 17.2 Å². The molecule has 0 radical (unpaired) electrons. The molecule has 1 atom stereocenters.